The molecule has 0 radical (unpaired) electrons. The number of nitrogens with one attached hydrogen (secondary N) is 3. The van der Waals surface area contributed by atoms with Gasteiger partial charge in [-0.25, -0.2) is 4.39 Å². The molecule has 9 heteroatoms. The van der Waals surface area contributed by atoms with Crippen LogP contribution in [0.2, 0.25) is 10.0 Å². The number of likely N-dealkylation sites (tertiary alicyclic amines) is 1. The molecule has 1 fully saturated rings. The van der Waals surface area contributed by atoms with Gasteiger partial charge in [-0.15, -0.1) is 0 Å². The maximum atomic E-state index is 14.6. The molecule has 1 aliphatic heterocycles. The lowest BCUT2D eigenvalue weighted by Crippen LogP contribution is -2.29. The third-order valence-corrected chi connectivity index (χ3v) is 6.27. The molecule has 31 heavy (non-hydrogen) atoms. The summed E-state index contributed by atoms with van der Waals surface area (Å²) >= 11 is 13.4. The van der Waals surface area contributed by atoms with Crippen LogP contribution in [0.25, 0.3) is 0 Å². The van der Waals surface area contributed by atoms with Gasteiger partial charge in [-0.05, 0) is 56.2 Å². The number of hydrogen-bond donors (Lipinski definition) is 3. The summed E-state index contributed by atoms with van der Waals surface area (Å²) in [5, 5.41) is 12.7. The van der Waals surface area contributed by atoms with Crippen LogP contribution < -0.4 is 10.0 Å². The van der Waals surface area contributed by atoms with Gasteiger partial charge >= 0.3 is 0 Å². The largest absolute Gasteiger partial charge is 0.380 e. The zero-order valence-corrected chi connectivity index (χ0v) is 19.9. The molecule has 5 nitrogen and oxygen atoms in total. The first-order valence-electron chi connectivity index (χ1n) is 9.88. The quantitative estimate of drug-likeness (QED) is 0.345. The molecule has 1 amide bonds. The molecule has 1 aliphatic rings. The van der Waals surface area contributed by atoms with E-state index >= 15 is 0 Å². The van der Waals surface area contributed by atoms with E-state index in [0.717, 1.165) is 37.0 Å². The SMILES string of the molecule is CSNC(=O)c1cc(C(C)=N)c(NC2CCN(C(C)c3cc(Cl)cc(Cl)c3)C2)cc1F. The number of rotatable bonds is 7. The van der Waals surface area contributed by atoms with Gasteiger partial charge in [0.05, 0.1) is 5.56 Å². The Bertz CT molecular complexity index is 983. The van der Waals surface area contributed by atoms with E-state index in [1.165, 1.54) is 12.1 Å². The van der Waals surface area contributed by atoms with Gasteiger partial charge in [0, 0.05) is 58.4 Å². The highest BCUT2D eigenvalue weighted by molar-refractivity contribution is 7.97. The number of amides is 1. The second kappa shape index (κ2) is 10.2. The van der Waals surface area contributed by atoms with Gasteiger partial charge in [0.15, 0.2) is 0 Å². The summed E-state index contributed by atoms with van der Waals surface area (Å²) in [4.78, 5) is 14.4. The number of benzene rings is 2. The van der Waals surface area contributed by atoms with Gasteiger partial charge in [0.25, 0.3) is 5.91 Å². The fourth-order valence-corrected chi connectivity index (χ4v) is 4.67. The summed E-state index contributed by atoms with van der Waals surface area (Å²) < 4.78 is 17.2. The number of halogens is 3. The highest BCUT2D eigenvalue weighted by Crippen LogP contribution is 2.31. The van der Waals surface area contributed by atoms with Crippen molar-refractivity contribution in [3.05, 3.63) is 62.9 Å². The normalized spacial score (nSPS) is 17.4. The number of carbonyl (C=O) groups is 1. The Hall–Kier alpha value is -1.80. The van der Waals surface area contributed by atoms with E-state index < -0.39 is 11.7 Å². The molecule has 3 N–H and O–H groups in total. The molecule has 1 saturated heterocycles. The van der Waals surface area contributed by atoms with Gasteiger partial charge in [0.2, 0.25) is 0 Å². The molecule has 2 aromatic rings. The van der Waals surface area contributed by atoms with Crippen LogP contribution in [-0.4, -0.2) is 41.9 Å². The van der Waals surface area contributed by atoms with Crippen molar-refractivity contribution in [2.75, 3.05) is 24.7 Å². The molecular formula is C22H25Cl2FN4OS. The number of nitrogens with zero attached hydrogens (tertiary/aromatic N) is 1. The third kappa shape index (κ3) is 5.71. The molecule has 0 aromatic heterocycles. The lowest BCUT2D eigenvalue weighted by atomic mass is 10.0. The minimum Gasteiger partial charge on any atom is -0.380 e. The summed E-state index contributed by atoms with van der Waals surface area (Å²) in [6.07, 6.45) is 2.56. The summed E-state index contributed by atoms with van der Waals surface area (Å²) in [5.41, 5.74) is 2.28. The number of carbonyl (C=O) groups excluding carboxylic acids is 1. The second-order valence-corrected chi connectivity index (χ2v) is 9.13. The number of anilines is 1. The predicted octanol–water partition coefficient (Wildman–Crippen LogP) is 5.78. The smallest absolute Gasteiger partial charge is 0.264 e. The van der Waals surface area contributed by atoms with Gasteiger partial charge < -0.3 is 10.7 Å². The van der Waals surface area contributed by atoms with Crippen molar-refractivity contribution < 1.29 is 9.18 Å². The molecule has 166 valence electrons. The van der Waals surface area contributed by atoms with Crippen molar-refractivity contribution in [1.29, 1.82) is 5.41 Å². The van der Waals surface area contributed by atoms with Crippen LogP contribution in [0.3, 0.4) is 0 Å². The van der Waals surface area contributed by atoms with Gasteiger partial charge in [-0.1, -0.05) is 35.1 Å². The van der Waals surface area contributed by atoms with Crippen molar-refractivity contribution in [1.82, 2.24) is 9.62 Å². The molecule has 2 atom stereocenters. The molecule has 0 spiro atoms. The molecule has 0 aliphatic carbocycles. The van der Waals surface area contributed by atoms with Crippen LogP contribution in [0.1, 0.15) is 47.8 Å². The first kappa shape index (κ1) is 23.9. The monoisotopic (exact) mass is 482 g/mol. The topological polar surface area (TPSA) is 68.2 Å². The van der Waals surface area contributed by atoms with Gasteiger partial charge in [-0.3, -0.25) is 14.4 Å². The Morgan fingerprint density at radius 1 is 1.23 bits per heavy atom. The van der Waals surface area contributed by atoms with Crippen LogP contribution in [0, 0.1) is 11.2 Å². The summed E-state index contributed by atoms with van der Waals surface area (Å²) in [5.74, 6) is -1.13. The molecule has 2 unspecified atom stereocenters. The highest BCUT2D eigenvalue weighted by Gasteiger charge is 2.28. The van der Waals surface area contributed by atoms with E-state index in [2.05, 4.69) is 21.9 Å². The molecule has 2 aromatic carbocycles. The maximum Gasteiger partial charge on any atom is 0.264 e. The molecule has 0 bridgehead atoms. The van der Waals surface area contributed by atoms with Crippen molar-refractivity contribution in [3.8, 4) is 0 Å². The first-order valence-corrected chi connectivity index (χ1v) is 11.9. The van der Waals surface area contributed by atoms with Gasteiger partial charge in [0.1, 0.15) is 5.82 Å². The number of hydrogen-bond acceptors (Lipinski definition) is 5. The fraction of sp³-hybridized carbons (Fsp3) is 0.364. The molecule has 0 saturated carbocycles. The van der Waals surface area contributed by atoms with Crippen LogP contribution in [-0.2, 0) is 0 Å². The fourth-order valence-electron chi connectivity index (χ4n) is 3.83. The van der Waals surface area contributed by atoms with Crippen LogP contribution in [0.4, 0.5) is 10.1 Å². The molecule has 3 rings (SSSR count). The average Bonchev–Trinajstić information content (AvgIpc) is 3.15. The highest BCUT2D eigenvalue weighted by atomic mass is 35.5. The van der Waals surface area contributed by atoms with E-state index in [1.807, 2.05) is 12.1 Å². The van der Waals surface area contributed by atoms with Crippen molar-refractivity contribution >= 4 is 52.5 Å². The third-order valence-electron chi connectivity index (χ3n) is 5.44. The summed E-state index contributed by atoms with van der Waals surface area (Å²) in [7, 11) is 0. The average molecular weight is 483 g/mol. The zero-order chi connectivity index (χ0) is 22.7. The van der Waals surface area contributed by atoms with Crippen LogP contribution >= 0.6 is 35.1 Å². The van der Waals surface area contributed by atoms with E-state index in [-0.39, 0.29) is 23.4 Å². The standard InChI is InChI=1S/C22H25Cl2FN4OS/c1-12(26)18-9-19(22(30)28-31-3)20(25)10-21(18)27-17-4-5-29(11-17)13(2)14-6-15(23)8-16(24)7-14/h6-10,13,17,26-27H,4-5,11H2,1-3H3,(H,28,30). The summed E-state index contributed by atoms with van der Waals surface area (Å²) in [6, 6.07) is 8.51. The second-order valence-electron chi connectivity index (χ2n) is 7.64. The van der Waals surface area contributed by atoms with E-state index in [0.29, 0.717) is 21.3 Å². The first-order chi connectivity index (χ1) is 14.7. The van der Waals surface area contributed by atoms with Crippen LogP contribution in [0.5, 0.6) is 0 Å². The molecule has 1 heterocycles. The van der Waals surface area contributed by atoms with Crippen LogP contribution in [0.15, 0.2) is 30.3 Å². The lowest BCUT2D eigenvalue weighted by Gasteiger charge is -2.25. The van der Waals surface area contributed by atoms with E-state index in [9.17, 15) is 9.18 Å². The van der Waals surface area contributed by atoms with Crippen molar-refractivity contribution in [2.45, 2.75) is 32.4 Å². The maximum absolute atomic E-state index is 14.6. The van der Waals surface area contributed by atoms with E-state index in [4.69, 9.17) is 28.6 Å². The Morgan fingerprint density at radius 3 is 2.52 bits per heavy atom. The Kier molecular flexibility index (Phi) is 7.86. The minimum atomic E-state index is -0.615. The summed E-state index contributed by atoms with van der Waals surface area (Å²) in [6.45, 7) is 5.34. The minimum absolute atomic E-state index is 0.0685. The Balaban J connectivity index is 1.76. The predicted molar refractivity (Wildman–Crippen MR) is 128 cm³/mol. The Labute approximate surface area is 196 Å². The Morgan fingerprint density at radius 2 is 1.90 bits per heavy atom. The lowest BCUT2D eigenvalue weighted by molar-refractivity contribution is 0.0980. The molecular weight excluding hydrogens is 458 g/mol. The van der Waals surface area contributed by atoms with Crippen molar-refractivity contribution in [2.24, 2.45) is 0 Å². The van der Waals surface area contributed by atoms with Gasteiger partial charge in [-0.2, -0.15) is 0 Å². The van der Waals surface area contributed by atoms with Crippen molar-refractivity contribution in [3.63, 3.8) is 0 Å². The zero-order valence-electron chi connectivity index (χ0n) is 17.6. The van der Waals surface area contributed by atoms with E-state index in [1.54, 1.807) is 19.2 Å².